The summed E-state index contributed by atoms with van der Waals surface area (Å²) >= 11 is 0. The van der Waals surface area contributed by atoms with Crippen LogP contribution in [0.25, 0.3) is 16.7 Å². The lowest BCUT2D eigenvalue weighted by Crippen LogP contribution is -2.30. The van der Waals surface area contributed by atoms with Crippen molar-refractivity contribution in [3.05, 3.63) is 59.7 Å². The Morgan fingerprint density at radius 1 is 0.933 bits per heavy atom. The Bertz CT molecular complexity index is 873. The molecule has 0 aromatic heterocycles. The molecule has 0 aliphatic heterocycles. The Morgan fingerprint density at radius 2 is 1.67 bits per heavy atom. The van der Waals surface area contributed by atoms with E-state index in [1.165, 1.54) is 24.5 Å². The van der Waals surface area contributed by atoms with Gasteiger partial charge in [-0.25, -0.2) is 4.39 Å². The van der Waals surface area contributed by atoms with Crippen molar-refractivity contribution in [1.82, 2.24) is 0 Å². The second-order valence-electron chi connectivity index (χ2n) is 8.19. The summed E-state index contributed by atoms with van der Waals surface area (Å²) in [7, 11) is 0. The zero-order valence-electron chi connectivity index (χ0n) is 18.3. The number of rotatable bonds is 9. The quantitative estimate of drug-likeness (QED) is 0.394. The highest BCUT2D eigenvalue weighted by Crippen LogP contribution is 2.36. The number of hydrogen-bond donors (Lipinski definition) is 0. The lowest BCUT2D eigenvalue weighted by Gasteiger charge is -2.33. The molecule has 2 aromatic rings. The van der Waals surface area contributed by atoms with Crippen LogP contribution in [0.4, 0.5) is 8.78 Å². The van der Waals surface area contributed by atoms with Crippen LogP contribution in [-0.2, 0) is 4.74 Å². The monoisotopic (exact) mass is 414 g/mol. The third kappa shape index (κ3) is 5.28. The molecule has 0 radical (unpaired) electrons. The molecule has 0 saturated carbocycles. The van der Waals surface area contributed by atoms with E-state index in [1.807, 2.05) is 24.3 Å². The van der Waals surface area contributed by atoms with Gasteiger partial charge in [0.2, 0.25) is 5.82 Å². The Kier molecular flexibility index (Phi) is 7.65. The zero-order chi connectivity index (χ0) is 21.6. The highest BCUT2D eigenvalue weighted by molar-refractivity contribution is 5.71. The van der Waals surface area contributed by atoms with E-state index < -0.39 is 11.6 Å². The summed E-state index contributed by atoms with van der Waals surface area (Å²) in [5.74, 6) is -1.86. The van der Waals surface area contributed by atoms with Crippen molar-refractivity contribution in [2.24, 2.45) is 0 Å². The predicted octanol–water partition coefficient (Wildman–Crippen LogP) is 7.56. The van der Waals surface area contributed by atoms with Gasteiger partial charge in [0.15, 0.2) is 11.6 Å². The highest BCUT2D eigenvalue weighted by atomic mass is 19.2. The van der Waals surface area contributed by atoms with E-state index in [4.69, 9.17) is 9.47 Å². The summed E-state index contributed by atoms with van der Waals surface area (Å²) in [5.41, 5.74) is 3.22. The summed E-state index contributed by atoms with van der Waals surface area (Å²) in [6.45, 7) is 7.25. The molecule has 0 N–H and O–H groups in total. The maximum atomic E-state index is 14.5. The molecule has 1 unspecified atom stereocenters. The molecule has 3 rings (SSSR count). The maximum Gasteiger partial charge on any atom is 0.201 e. The summed E-state index contributed by atoms with van der Waals surface area (Å²) in [4.78, 5) is 0. The smallest absolute Gasteiger partial charge is 0.201 e. The summed E-state index contributed by atoms with van der Waals surface area (Å²) < 4.78 is 40.0. The molecule has 0 saturated heterocycles. The second kappa shape index (κ2) is 10.2. The van der Waals surface area contributed by atoms with Crippen LogP contribution in [0.15, 0.2) is 42.5 Å². The number of unbranched alkanes of at least 4 members (excludes halogenated alkanes) is 2. The van der Waals surface area contributed by atoms with Crippen molar-refractivity contribution in [1.29, 1.82) is 0 Å². The normalized spacial score (nSPS) is 18.9. The predicted molar refractivity (Wildman–Crippen MR) is 119 cm³/mol. The van der Waals surface area contributed by atoms with Crippen molar-refractivity contribution in [2.45, 2.75) is 64.9 Å². The lowest BCUT2D eigenvalue weighted by atomic mass is 9.84. The van der Waals surface area contributed by atoms with Gasteiger partial charge in [-0.3, -0.25) is 0 Å². The minimum Gasteiger partial charge on any atom is -0.491 e. The Labute approximate surface area is 178 Å². The number of allylic oxidation sites excluding steroid dienone is 1. The maximum absolute atomic E-state index is 14.5. The molecule has 1 atom stereocenters. The van der Waals surface area contributed by atoms with E-state index in [-0.39, 0.29) is 16.9 Å². The van der Waals surface area contributed by atoms with Crippen LogP contribution in [0.1, 0.15) is 64.9 Å². The molecule has 2 aromatic carbocycles. The van der Waals surface area contributed by atoms with Crippen LogP contribution in [0.5, 0.6) is 5.75 Å². The van der Waals surface area contributed by atoms with Crippen molar-refractivity contribution in [3.8, 4) is 16.9 Å². The molecule has 2 nitrogen and oxygen atoms in total. The van der Waals surface area contributed by atoms with Crippen LogP contribution in [-0.4, -0.2) is 18.8 Å². The molecule has 4 heteroatoms. The Morgan fingerprint density at radius 3 is 2.30 bits per heavy atom. The molecule has 30 heavy (non-hydrogen) atoms. The molecule has 0 fully saturated rings. The van der Waals surface area contributed by atoms with Crippen molar-refractivity contribution in [3.63, 3.8) is 0 Å². The third-order valence-electron chi connectivity index (χ3n) is 5.82. The van der Waals surface area contributed by atoms with Gasteiger partial charge < -0.3 is 9.47 Å². The fourth-order valence-corrected chi connectivity index (χ4v) is 3.89. The Hall–Kier alpha value is -2.20. The van der Waals surface area contributed by atoms with Gasteiger partial charge in [0.1, 0.15) is 0 Å². The molecule has 0 heterocycles. The third-order valence-corrected chi connectivity index (χ3v) is 5.82. The van der Waals surface area contributed by atoms with Crippen LogP contribution in [0, 0.1) is 11.6 Å². The molecule has 0 amide bonds. The van der Waals surface area contributed by atoms with Gasteiger partial charge in [0.25, 0.3) is 0 Å². The van der Waals surface area contributed by atoms with E-state index in [2.05, 4.69) is 19.9 Å². The SMILES string of the molecule is CCCCCOC1(C)CC=C(c2ccc(-c3ccc(OCC)c(F)c3F)cc2)CC1. The first kappa shape index (κ1) is 22.5. The van der Waals surface area contributed by atoms with Crippen molar-refractivity contribution in [2.75, 3.05) is 13.2 Å². The summed E-state index contributed by atoms with van der Waals surface area (Å²) in [5, 5.41) is 0. The minimum atomic E-state index is -0.938. The minimum absolute atomic E-state index is 0.0531. The number of halogens is 2. The highest BCUT2D eigenvalue weighted by Gasteiger charge is 2.28. The van der Waals surface area contributed by atoms with Crippen molar-refractivity contribution >= 4 is 5.57 Å². The molecule has 0 bridgehead atoms. The van der Waals surface area contributed by atoms with Crippen LogP contribution in [0.2, 0.25) is 0 Å². The van der Waals surface area contributed by atoms with E-state index in [9.17, 15) is 8.78 Å². The number of benzene rings is 2. The topological polar surface area (TPSA) is 18.5 Å². The Balaban J connectivity index is 1.69. The fraction of sp³-hybridized carbons (Fsp3) is 0.462. The molecule has 0 spiro atoms. The van der Waals surface area contributed by atoms with Gasteiger partial charge in [-0.05, 0) is 68.4 Å². The average molecular weight is 415 g/mol. The molecular weight excluding hydrogens is 382 g/mol. The summed E-state index contributed by atoms with van der Waals surface area (Å²) in [6, 6.07) is 10.7. The molecular formula is C26H32F2O2. The van der Waals surface area contributed by atoms with E-state index in [0.29, 0.717) is 12.2 Å². The van der Waals surface area contributed by atoms with Gasteiger partial charge in [0, 0.05) is 12.2 Å². The lowest BCUT2D eigenvalue weighted by molar-refractivity contribution is -0.0381. The standard InChI is InChI=1S/C26H32F2O2/c1-4-6-7-18-30-26(3)16-14-20(15-17-26)19-8-10-21(11-9-19)22-12-13-23(29-5-2)25(28)24(22)27/h8-14H,4-7,15-18H2,1-3H3. The molecule has 1 aliphatic carbocycles. The average Bonchev–Trinajstić information content (AvgIpc) is 2.76. The van der Waals surface area contributed by atoms with E-state index >= 15 is 0 Å². The van der Waals surface area contributed by atoms with Crippen LogP contribution in [0.3, 0.4) is 0 Å². The number of hydrogen-bond acceptors (Lipinski definition) is 2. The van der Waals surface area contributed by atoms with Gasteiger partial charge in [-0.2, -0.15) is 4.39 Å². The first-order valence-electron chi connectivity index (χ1n) is 11.0. The number of ether oxygens (including phenoxy) is 2. The second-order valence-corrected chi connectivity index (χ2v) is 8.19. The summed E-state index contributed by atoms with van der Waals surface area (Å²) in [6.07, 6.45) is 8.63. The first-order chi connectivity index (χ1) is 14.5. The van der Waals surface area contributed by atoms with Crippen LogP contribution < -0.4 is 4.74 Å². The fourth-order valence-electron chi connectivity index (χ4n) is 3.89. The zero-order valence-corrected chi connectivity index (χ0v) is 18.3. The largest absolute Gasteiger partial charge is 0.491 e. The molecule has 1 aliphatic rings. The van der Waals surface area contributed by atoms with Gasteiger partial charge >= 0.3 is 0 Å². The van der Waals surface area contributed by atoms with Gasteiger partial charge in [-0.15, -0.1) is 0 Å². The van der Waals surface area contributed by atoms with Crippen LogP contribution >= 0.6 is 0 Å². The van der Waals surface area contributed by atoms with Gasteiger partial charge in [-0.1, -0.05) is 50.1 Å². The van der Waals surface area contributed by atoms with E-state index in [1.54, 1.807) is 13.0 Å². The molecule has 162 valence electrons. The first-order valence-corrected chi connectivity index (χ1v) is 11.0. The van der Waals surface area contributed by atoms with Gasteiger partial charge in [0.05, 0.1) is 12.2 Å². The van der Waals surface area contributed by atoms with Crippen molar-refractivity contribution < 1.29 is 18.3 Å². The van der Waals surface area contributed by atoms with E-state index in [0.717, 1.165) is 37.9 Å².